The predicted molar refractivity (Wildman–Crippen MR) is 68.7 cm³/mol. The Hall–Kier alpha value is -0.920. The summed E-state index contributed by atoms with van der Waals surface area (Å²) >= 11 is 0. The summed E-state index contributed by atoms with van der Waals surface area (Å²) in [7, 11) is -1.70. The molecular weight excluding hydrogens is 252 g/mol. The highest BCUT2D eigenvalue weighted by atomic mass is 32.2. The van der Waals surface area contributed by atoms with Crippen LogP contribution in [0.1, 0.15) is 19.8 Å². The molecule has 2 heterocycles. The topological polar surface area (TPSA) is 67.2 Å². The molecule has 102 valence electrons. The van der Waals surface area contributed by atoms with Crippen LogP contribution in [0.15, 0.2) is 17.3 Å². The molecule has 0 radical (unpaired) electrons. The van der Waals surface area contributed by atoms with Crippen LogP contribution < -0.4 is 5.32 Å². The van der Waals surface area contributed by atoms with Crippen molar-refractivity contribution < 1.29 is 8.42 Å². The van der Waals surface area contributed by atoms with E-state index in [2.05, 4.69) is 10.4 Å². The van der Waals surface area contributed by atoms with Gasteiger partial charge in [0.1, 0.15) is 4.90 Å². The Balaban J connectivity index is 2.25. The fourth-order valence-electron chi connectivity index (χ4n) is 2.37. The van der Waals surface area contributed by atoms with E-state index in [9.17, 15) is 8.42 Å². The first-order valence-electron chi connectivity index (χ1n) is 6.27. The average molecular weight is 272 g/mol. The van der Waals surface area contributed by atoms with Gasteiger partial charge in [-0.15, -0.1) is 0 Å². The van der Waals surface area contributed by atoms with Gasteiger partial charge in [0.25, 0.3) is 0 Å². The second-order valence-corrected chi connectivity index (χ2v) is 6.45. The number of likely N-dealkylation sites (N-methyl/N-ethyl adjacent to an activating group) is 1. The Kier molecular flexibility index (Phi) is 4.04. The van der Waals surface area contributed by atoms with Crippen molar-refractivity contribution in [3.63, 3.8) is 0 Å². The number of nitrogens with zero attached hydrogens (tertiary/aromatic N) is 3. The molecular formula is C11H20N4O2S. The van der Waals surface area contributed by atoms with E-state index in [4.69, 9.17) is 0 Å². The lowest BCUT2D eigenvalue weighted by Gasteiger charge is -2.32. The van der Waals surface area contributed by atoms with E-state index >= 15 is 0 Å². The molecule has 6 nitrogen and oxygen atoms in total. The van der Waals surface area contributed by atoms with Crippen LogP contribution in [0.4, 0.5) is 0 Å². The molecule has 2 rings (SSSR count). The Labute approximate surface area is 108 Å². The predicted octanol–water partition coefficient (Wildman–Crippen LogP) is 0.183. The maximum Gasteiger partial charge on any atom is 0.246 e. The molecule has 0 bridgehead atoms. The molecule has 1 atom stereocenters. The Morgan fingerprint density at radius 3 is 2.89 bits per heavy atom. The second kappa shape index (κ2) is 5.38. The molecule has 0 amide bonds. The van der Waals surface area contributed by atoms with Gasteiger partial charge in [-0.2, -0.15) is 9.40 Å². The average Bonchev–Trinajstić information content (AvgIpc) is 2.78. The maximum atomic E-state index is 12.5. The number of aryl methyl sites for hydroxylation is 1. The summed E-state index contributed by atoms with van der Waals surface area (Å²) in [6, 6.07) is 0.0500. The third kappa shape index (κ3) is 2.57. The zero-order valence-corrected chi connectivity index (χ0v) is 11.7. The highest BCUT2D eigenvalue weighted by molar-refractivity contribution is 7.89. The van der Waals surface area contributed by atoms with E-state index in [1.54, 1.807) is 17.5 Å². The lowest BCUT2D eigenvalue weighted by molar-refractivity contribution is 0.274. The third-order valence-corrected chi connectivity index (χ3v) is 5.26. The molecule has 1 aromatic heterocycles. The van der Waals surface area contributed by atoms with Gasteiger partial charge in [0.15, 0.2) is 0 Å². The van der Waals surface area contributed by atoms with Crippen LogP contribution in [0, 0.1) is 0 Å². The van der Waals surface area contributed by atoms with Crippen LogP contribution in [0.25, 0.3) is 0 Å². The molecule has 0 spiro atoms. The van der Waals surface area contributed by atoms with Gasteiger partial charge in [0.05, 0.1) is 6.20 Å². The van der Waals surface area contributed by atoms with Crippen molar-refractivity contribution in [1.82, 2.24) is 19.4 Å². The molecule has 1 fully saturated rings. The van der Waals surface area contributed by atoms with Crippen molar-refractivity contribution in [2.75, 3.05) is 19.6 Å². The van der Waals surface area contributed by atoms with Crippen molar-refractivity contribution in [1.29, 1.82) is 0 Å². The van der Waals surface area contributed by atoms with Crippen molar-refractivity contribution in [3.05, 3.63) is 12.4 Å². The molecule has 1 aliphatic rings. The molecule has 7 heteroatoms. The standard InChI is InChI=1S/C11H20N4O2S/c1-3-15(10-5-4-6-12-7-10)18(16,17)11-8-13-14(2)9-11/h8-10,12H,3-7H2,1-2H3. The number of hydrogen-bond acceptors (Lipinski definition) is 4. The summed E-state index contributed by atoms with van der Waals surface area (Å²) < 4.78 is 28.1. The fourth-order valence-corrected chi connectivity index (χ4v) is 4.02. The molecule has 0 aliphatic carbocycles. The minimum atomic E-state index is -3.42. The summed E-state index contributed by atoms with van der Waals surface area (Å²) in [6.07, 6.45) is 4.90. The normalized spacial score (nSPS) is 21.4. The zero-order valence-electron chi connectivity index (χ0n) is 10.8. The Morgan fingerprint density at radius 2 is 2.39 bits per heavy atom. The van der Waals surface area contributed by atoms with Gasteiger partial charge in [0.2, 0.25) is 10.0 Å². The molecule has 1 N–H and O–H groups in total. The quantitative estimate of drug-likeness (QED) is 0.849. The van der Waals surface area contributed by atoms with E-state index in [0.29, 0.717) is 6.54 Å². The SMILES string of the molecule is CCN(C1CCCNC1)S(=O)(=O)c1cnn(C)c1. The molecule has 18 heavy (non-hydrogen) atoms. The third-order valence-electron chi connectivity index (χ3n) is 3.28. The van der Waals surface area contributed by atoms with Crippen LogP contribution in [-0.2, 0) is 17.1 Å². The van der Waals surface area contributed by atoms with Crippen molar-refractivity contribution in [2.24, 2.45) is 7.05 Å². The number of hydrogen-bond donors (Lipinski definition) is 1. The molecule has 1 aromatic rings. The number of sulfonamides is 1. The highest BCUT2D eigenvalue weighted by Crippen LogP contribution is 2.20. The Bertz CT molecular complexity index is 491. The van der Waals surface area contributed by atoms with E-state index in [0.717, 1.165) is 25.9 Å². The summed E-state index contributed by atoms with van der Waals surface area (Å²) in [5.74, 6) is 0. The van der Waals surface area contributed by atoms with Gasteiger partial charge in [-0.05, 0) is 19.4 Å². The van der Waals surface area contributed by atoms with Crippen LogP contribution >= 0.6 is 0 Å². The van der Waals surface area contributed by atoms with Gasteiger partial charge in [-0.1, -0.05) is 6.92 Å². The molecule has 0 saturated carbocycles. The first-order valence-corrected chi connectivity index (χ1v) is 7.71. The van der Waals surface area contributed by atoms with Crippen LogP contribution in [-0.4, -0.2) is 48.2 Å². The highest BCUT2D eigenvalue weighted by Gasteiger charge is 2.31. The van der Waals surface area contributed by atoms with Crippen molar-refractivity contribution >= 4 is 10.0 Å². The number of nitrogens with one attached hydrogen (secondary N) is 1. The van der Waals surface area contributed by atoms with Gasteiger partial charge < -0.3 is 5.32 Å². The van der Waals surface area contributed by atoms with Crippen LogP contribution in [0.2, 0.25) is 0 Å². The first-order chi connectivity index (χ1) is 8.55. The lowest BCUT2D eigenvalue weighted by atomic mass is 10.1. The fraction of sp³-hybridized carbons (Fsp3) is 0.727. The smallest absolute Gasteiger partial charge is 0.246 e. The summed E-state index contributed by atoms with van der Waals surface area (Å²) in [5, 5.41) is 7.19. The van der Waals surface area contributed by atoms with Gasteiger partial charge in [-0.3, -0.25) is 4.68 Å². The van der Waals surface area contributed by atoms with Crippen LogP contribution in [0.5, 0.6) is 0 Å². The van der Waals surface area contributed by atoms with Gasteiger partial charge in [-0.25, -0.2) is 8.42 Å². The molecule has 1 unspecified atom stereocenters. The monoisotopic (exact) mass is 272 g/mol. The van der Waals surface area contributed by atoms with Gasteiger partial charge in [0, 0.05) is 32.4 Å². The summed E-state index contributed by atoms with van der Waals surface area (Å²) in [6.45, 7) is 4.07. The minimum Gasteiger partial charge on any atom is -0.315 e. The Morgan fingerprint density at radius 1 is 1.61 bits per heavy atom. The van der Waals surface area contributed by atoms with Gasteiger partial charge >= 0.3 is 0 Å². The van der Waals surface area contributed by atoms with E-state index in [1.807, 2.05) is 6.92 Å². The molecule has 0 aromatic carbocycles. The van der Waals surface area contributed by atoms with E-state index in [1.165, 1.54) is 10.9 Å². The van der Waals surface area contributed by atoms with Crippen molar-refractivity contribution in [2.45, 2.75) is 30.7 Å². The van der Waals surface area contributed by atoms with E-state index in [-0.39, 0.29) is 10.9 Å². The largest absolute Gasteiger partial charge is 0.315 e. The van der Waals surface area contributed by atoms with Crippen LogP contribution in [0.3, 0.4) is 0 Å². The van der Waals surface area contributed by atoms with E-state index < -0.39 is 10.0 Å². The minimum absolute atomic E-state index is 0.0500. The summed E-state index contributed by atoms with van der Waals surface area (Å²) in [5.41, 5.74) is 0. The molecule has 1 aliphatic heterocycles. The number of piperidine rings is 1. The maximum absolute atomic E-state index is 12.5. The van der Waals surface area contributed by atoms with Crippen molar-refractivity contribution in [3.8, 4) is 0 Å². The number of aromatic nitrogens is 2. The lowest BCUT2D eigenvalue weighted by Crippen LogP contribution is -2.48. The number of rotatable bonds is 4. The summed E-state index contributed by atoms with van der Waals surface area (Å²) in [4.78, 5) is 0.275. The zero-order chi connectivity index (χ0) is 13.2. The first kappa shape index (κ1) is 13.5. The second-order valence-electron chi connectivity index (χ2n) is 4.56. The molecule has 1 saturated heterocycles.